The summed E-state index contributed by atoms with van der Waals surface area (Å²) in [6, 6.07) is 5.83. The van der Waals surface area contributed by atoms with Crippen LogP contribution in [0.5, 0.6) is 11.5 Å². The molecule has 24 heteroatoms. The zero-order valence-electron chi connectivity index (χ0n) is 46.9. The molecule has 2 aromatic carbocycles. The Balaban J connectivity index is 0.000000280. The Morgan fingerprint density at radius 2 is 0.955 bits per heavy atom. The lowest BCUT2D eigenvalue weighted by molar-refractivity contribution is -0.148. The maximum Gasteiger partial charge on any atom is 0.255 e. The van der Waals surface area contributed by atoms with Crippen molar-refractivity contribution in [3.63, 3.8) is 0 Å². The molecule has 0 heterocycles. The molecule has 6 aliphatic carbocycles. The Labute approximate surface area is 511 Å². The number of nitrogens with two attached hydrogens (primary N) is 2. The van der Waals surface area contributed by atoms with Gasteiger partial charge in [0, 0.05) is 41.4 Å². The zero-order chi connectivity index (χ0) is 65.6. The third-order valence-electron chi connectivity index (χ3n) is 14.1. The van der Waals surface area contributed by atoms with Gasteiger partial charge in [0.1, 0.15) is 45.7 Å². The third kappa shape index (κ3) is 15.8. The molecule has 8 rings (SSSR count). The molecule has 0 aromatic heterocycles. The Morgan fingerprint density at radius 3 is 1.31 bits per heavy atom. The molecular weight excluding hydrogens is 1190 g/mol. The Kier molecular flexibility index (Phi) is 23.4. The van der Waals surface area contributed by atoms with Crippen LogP contribution in [-0.4, -0.2) is 129 Å². The molecule has 89 heavy (non-hydrogen) atoms. The number of benzene rings is 2. The number of phenolic OH excluding ortho intramolecular Hbond substituents is 2. The van der Waals surface area contributed by atoms with Crippen LogP contribution in [0.25, 0.3) is 11.5 Å². The van der Waals surface area contributed by atoms with Gasteiger partial charge in [-0.3, -0.25) is 28.8 Å². The number of amides is 2. The number of terminal acetylenes is 1. The van der Waals surface area contributed by atoms with Crippen molar-refractivity contribution in [1.82, 2.24) is 9.44 Å². The van der Waals surface area contributed by atoms with Crippen LogP contribution in [0.3, 0.4) is 0 Å². The molecule has 2 saturated carbocycles. The van der Waals surface area contributed by atoms with Crippen molar-refractivity contribution in [2.45, 2.75) is 64.1 Å². The molecule has 0 unspecified atom stereocenters. The molecule has 0 spiro atoms. The van der Waals surface area contributed by atoms with Crippen LogP contribution in [0.1, 0.15) is 66.5 Å². The number of aliphatic hydroxyl groups is 6. The number of sulfonamides is 2. The quantitative estimate of drug-likeness (QED) is 0.112. The lowest BCUT2D eigenvalue weighted by Crippen LogP contribution is -2.58. The van der Waals surface area contributed by atoms with E-state index in [9.17, 15) is 86.5 Å². The lowest BCUT2D eigenvalue weighted by Gasteiger charge is -2.46. The summed E-state index contributed by atoms with van der Waals surface area (Å²) < 4.78 is 47.1. The Hall–Kier alpha value is -10.9. The molecule has 14 N–H and O–H groups in total. The van der Waals surface area contributed by atoms with E-state index in [0.29, 0.717) is 23.1 Å². The summed E-state index contributed by atoms with van der Waals surface area (Å²) in [5.74, 6) is -5.59. The zero-order valence-corrected chi connectivity index (χ0v) is 48.5. The number of primary amides is 2. The van der Waals surface area contributed by atoms with Gasteiger partial charge >= 0.3 is 0 Å². The van der Waals surface area contributed by atoms with Crippen molar-refractivity contribution in [2.24, 2.45) is 35.1 Å². The molecule has 2 amide bonds. The first-order valence-electron chi connectivity index (χ1n) is 25.5. The van der Waals surface area contributed by atoms with Crippen molar-refractivity contribution in [2.75, 3.05) is 25.6 Å². The van der Waals surface area contributed by atoms with Crippen LogP contribution in [0.15, 0.2) is 157 Å². The average Bonchev–Trinajstić information content (AvgIpc) is 0.724. The number of hydrogen-bond donors (Lipinski definition) is 12. The Bertz CT molecular complexity index is 4490. The van der Waals surface area contributed by atoms with Crippen molar-refractivity contribution in [1.29, 1.82) is 0 Å². The maximum atomic E-state index is 13.4. The van der Waals surface area contributed by atoms with Gasteiger partial charge in [-0.1, -0.05) is 42.7 Å². The van der Waals surface area contributed by atoms with E-state index in [0.717, 1.165) is 18.1 Å². The first-order chi connectivity index (χ1) is 41.3. The molecule has 0 aliphatic heterocycles. The largest absolute Gasteiger partial charge is 0.508 e. The van der Waals surface area contributed by atoms with Crippen LogP contribution in [0.2, 0.25) is 0 Å². The summed E-state index contributed by atoms with van der Waals surface area (Å²) >= 11 is 0. The van der Waals surface area contributed by atoms with E-state index in [2.05, 4.69) is 126 Å². The normalized spacial score (nSPS) is 21.1. The van der Waals surface area contributed by atoms with Gasteiger partial charge in [-0.05, 0) is 167 Å². The number of aryl methyl sites for hydroxylation is 1. The highest BCUT2D eigenvalue weighted by Gasteiger charge is 2.62. The number of hydrogen-bond acceptors (Lipinski definition) is 18. The van der Waals surface area contributed by atoms with Crippen LogP contribution >= 0.6 is 0 Å². The summed E-state index contributed by atoms with van der Waals surface area (Å²) in [6.07, 6.45) is 6.64. The van der Waals surface area contributed by atoms with Crippen LogP contribution in [0, 0.1) is 54.8 Å². The number of carbonyl (C=O) groups excluding carboxylic acids is 6. The van der Waals surface area contributed by atoms with Crippen LogP contribution in [-0.2, 0) is 61.7 Å². The number of phenols is 2. The van der Waals surface area contributed by atoms with Crippen LogP contribution in [0.4, 0.5) is 0 Å². The smallest absolute Gasteiger partial charge is 0.255 e. The monoisotopic (exact) mass is 1240 g/mol. The summed E-state index contributed by atoms with van der Waals surface area (Å²) in [7, 11) is -6.53. The standard InChI is InChI=1S/C23H22N2O9S.C20H19NO7.C17H4.C4H7NO2S.CH4/c1-35(33,34)25-6-2-3-10-4-5-14(26)17-13(10)8-11-7-12-9-15(27)18(22(24)31)21(30)23(12,32)20(29)16(11)19(17)28;1-7-2-3-11(22)14-10(7)5-8-4-9-6-12(23)15(19(21)27)18(26)20(9,28)17(25)13(8)16(14)24;1-3-5-7-9-11-13-15-17-16-14-12-10-8-6-4-2;1-3-4-5-8(2,6)7;/h4-5,11-12,25-26,28,30,32H,6-9H2,1H3,(H2,24,31);2-3,8-9,22,24,26,28H,4-6H2,1H3,(H2,21,27);1-2H2;1,5H,4H2,2H3;1H4/t11-,12+,23+;8-,9+,20+;;;/m11.../s1. The molecule has 6 aliphatic rings. The fraction of sp³-hybridized carbons (Fsp3) is 0.277. The molecule has 22 nitrogen and oxygen atoms in total. The van der Waals surface area contributed by atoms with E-state index in [-0.39, 0.29) is 80.0 Å². The molecule has 6 atom stereocenters. The first-order valence-corrected chi connectivity index (χ1v) is 29.3. The highest BCUT2D eigenvalue weighted by molar-refractivity contribution is 7.89. The summed E-state index contributed by atoms with van der Waals surface area (Å²) in [5.41, 5.74) is 42.4. The van der Waals surface area contributed by atoms with E-state index in [1.807, 2.05) is 6.92 Å². The maximum absolute atomic E-state index is 13.4. The second kappa shape index (κ2) is 29.5. The van der Waals surface area contributed by atoms with Gasteiger partial charge in [0.25, 0.3) is 11.8 Å². The molecule has 0 radical (unpaired) electrons. The number of Topliss-reactive ketones (excluding diaryl/α,β-unsaturated/α-hetero) is 4. The van der Waals surface area contributed by atoms with E-state index < -0.39 is 130 Å². The predicted octanol–water partition coefficient (Wildman–Crippen LogP) is 2.99. The van der Waals surface area contributed by atoms with E-state index in [1.165, 1.54) is 18.2 Å². The average molecular weight is 1250 g/mol. The summed E-state index contributed by atoms with van der Waals surface area (Å²) in [6.45, 7) is 8.30. The second-order valence-electron chi connectivity index (χ2n) is 19.7. The first kappa shape index (κ1) is 70.6. The predicted molar refractivity (Wildman–Crippen MR) is 320 cm³/mol. The van der Waals surface area contributed by atoms with Crippen molar-refractivity contribution in [3.05, 3.63) is 191 Å². The molecule has 2 fully saturated rings. The van der Waals surface area contributed by atoms with Gasteiger partial charge < -0.3 is 52.3 Å². The molecule has 0 saturated heterocycles. The van der Waals surface area contributed by atoms with Gasteiger partial charge in [0.2, 0.25) is 31.6 Å². The summed E-state index contributed by atoms with van der Waals surface area (Å²) in [5, 5.41) is 85.7. The van der Waals surface area contributed by atoms with E-state index >= 15 is 0 Å². The molecule has 456 valence electrons. The van der Waals surface area contributed by atoms with Crippen molar-refractivity contribution < 1.29 is 86.5 Å². The van der Waals surface area contributed by atoms with E-state index in [4.69, 9.17) is 17.9 Å². The van der Waals surface area contributed by atoms with Gasteiger partial charge in [0.15, 0.2) is 22.8 Å². The fourth-order valence-corrected chi connectivity index (χ4v) is 11.1. The Morgan fingerprint density at radius 1 is 0.596 bits per heavy atom. The van der Waals surface area contributed by atoms with Gasteiger partial charge in [-0.2, -0.15) is 0 Å². The summed E-state index contributed by atoms with van der Waals surface area (Å²) in [4.78, 5) is 74.5. The highest BCUT2D eigenvalue weighted by atomic mass is 32.2. The SMILES string of the molecule is C.C#CCNS(C)(=O)=O.C=C=C=C=C=C=C=C=C=C=C=C=C=C=C=C=C.CS(=O)(=O)NCC#Cc1ccc(O)c2c1C[C@H]1C[C@H]3CC(=O)C(C(N)=O)=C(O)[C@@]3(O)C(=O)C1=C2O.Cc1ccc(O)c2c1C[C@H]1C[C@H]3CC(=O)C(C(N)=O)=C(O)[C@@]3(O)C(=O)C1=C2O. The topological polar surface area (TPSA) is 409 Å². The number of carbonyl (C=O) groups is 6. The number of aliphatic hydroxyl groups excluding tert-OH is 4. The van der Waals surface area contributed by atoms with Crippen molar-refractivity contribution >= 4 is 66.5 Å². The minimum atomic E-state index is -3.45. The van der Waals surface area contributed by atoms with Gasteiger partial charge in [-0.25, -0.2) is 26.3 Å². The number of ketones is 4. The van der Waals surface area contributed by atoms with Crippen molar-refractivity contribution in [3.8, 4) is 35.7 Å². The number of fused-ring (bicyclic) bond motifs is 6. The van der Waals surface area contributed by atoms with Gasteiger partial charge in [0.05, 0.1) is 36.7 Å². The fourth-order valence-electron chi connectivity index (χ4n) is 10.4. The number of aromatic hydroxyl groups is 2. The third-order valence-corrected chi connectivity index (χ3v) is 15.5. The lowest BCUT2D eigenvalue weighted by atomic mass is 9.59. The van der Waals surface area contributed by atoms with Crippen LogP contribution < -0.4 is 20.9 Å². The minimum Gasteiger partial charge on any atom is -0.508 e. The highest BCUT2D eigenvalue weighted by Crippen LogP contribution is 2.54. The van der Waals surface area contributed by atoms with Gasteiger partial charge in [-0.15, -0.1) is 6.42 Å². The number of rotatable bonds is 6. The minimum absolute atomic E-state index is 0. The second-order valence-corrected chi connectivity index (χ2v) is 23.4. The molecule has 0 bridgehead atoms. The van der Waals surface area contributed by atoms with E-state index in [1.54, 1.807) is 6.07 Å². The molecule has 2 aromatic rings. The molecular formula is C65H56N4O18S2. The number of nitrogens with one attached hydrogen (secondary N) is 2.